The molecular weight excluding hydrogens is 194 g/mol. The predicted octanol–water partition coefficient (Wildman–Crippen LogP) is -0.219. The summed E-state index contributed by atoms with van der Waals surface area (Å²) in [6.07, 6.45) is 0.501. The largest absolute Gasteiger partial charge is 0.412 e. The van der Waals surface area contributed by atoms with Crippen LogP contribution in [0.4, 0.5) is 0 Å². The normalized spacial score (nSPS) is 11.4. The van der Waals surface area contributed by atoms with Gasteiger partial charge in [-0.1, -0.05) is 13.8 Å². The molecule has 0 unspecified atom stereocenters. The van der Waals surface area contributed by atoms with Crippen LogP contribution < -0.4 is 0 Å². The smallest absolute Gasteiger partial charge is 0.264 e. The Kier molecular flexibility index (Phi) is 8.54. The van der Waals surface area contributed by atoms with E-state index in [4.69, 9.17) is 4.55 Å². The van der Waals surface area contributed by atoms with Crippen molar-refractivity contribution >= 4 is 10.1 Å². The summed E-state index contributed by atoms with van der Waals surface area (Å²) >= 11 is 0. The summed E-state index contributed by atoms with van der Waals surface area (Å²) in [6.45, 7) is 6.62. The number of hydrogen-bond donors (Lipinski definition) is 1. The molecule has 0 fully saturated rings. The Morgan fingerprint density at radius 1 is 1.23 bits per heavy atom. The van der Waals surface area contributed by atoms with Crippen LogP contribution in [-0.2, 0) is 10.1 Å². The van der Waals surface area contributed by atoms with E-state index in [0.29, 0.717) is 6.42 Å². The zero-order valence-corrected chi connectivity index (χ0v) is 8.97. The van der Waals surface area contributed by atoms with E-state index in [1.165, 1.54) is 0 Å². The SMILES string of the molecule is CCN(CC)CCCS(=O)(=O)O.O. The second-order valence-electron chi connectivity index (χ2n) is 2.67. The highest BCUT2D eigenvalue weighted by Gasteiger charge is 2.05. The quantitative estimate of drug-likeness (QED) is 0.618. The number of nitrogens with zero attached hydrogens (tertiary/aromatic N) is 1. The van der Waals surface area contributed by atoms with E-state index in [-0.39, 0.29) is 11.2 Å². The molecule has 6 heteroatoms. The average Bonchev–Trinajstić information content (AvgIpc) is 1.96. The Hall–Kier alpha value is -0.170. The second kappa shape index (κ2) is 7.25. The Bertz CT molecular complexity index is 199. The van der Waals surface area contributed by atoms with Crippen LogP contribution in [0, 0.1) is 0 Å². The van der Waals surface area contributed by atoms with Crippen LogP contribution >= 0.6 is 0 Å². The molecule has 0 aliphatic heterocycles. The topological polar surface area (TPSA) is 89.1 Å². The average molecular weight is 213 g/mol. The molecule has 0 saturated heterocycles. The molecule has 3 N–H and O–H groups in total. The fourth-order valence-electron chi connectivity index (χ4n) is 1.01. The fraction of sp³-hybridized carbons (Fsp3) is 1.00. The lowest BCUT2D eigenvalue weighted by atomic mass is 10.4. The van der Waals surface area contributed by atoms with Crippen molar-refractivity contribution in [1.29, 1.82) is 0 Å². The van der Waals surface area contributed by atoms with Crippen molar-refractivity contribution in [2.24, 2.45) is 0 Å². The van der Waals surface area contributed by atoms with Crippen molar-refractivity contribution < 1.29 is 18.4 Å². The monoisotopic (exact) mass is 213 g/mol. The van der Waals surface area contributed by atoms with E-state index in [1.54, 1.807) is 0 Å². The maximum atomic E-state index is 10.3. The molecule has 0 saturated carbocycles. The van der Waals surface area contributed by atoms with E-state index in [1.807, 2.05) is 13.8 Å². The van der Waals surface area contributed by atoms with Gasteiger partial charge in [-0.05, 0) is 26.1 Å². The standard InChI is InChI=1S/C7H17NO3S.H2O/c1-3-8(4-2)6-5-7-12(9,10)11;/h3-7H2,1-2H3,(H,9,10,11);1H2. The molecule has 0 aliphatic carbocycles. The number of rotatable bonds is 6. The van der Waals surface area contributed by atoms with Crippen LogP contribution in [0.3, 0.4) is 0 Å². The predicted molar refractivity (Wildman–Crippen MR) is 52.4 cm³/mol. The van der Waals surface area contributed by atoms with Gasteiger partial charge >= 0.3 is 0 Å². The molecule has 0 aromatic carbocycles. The highest BCUT2D eigenvalue weighted by Crippen LogP contribution is 1.93. The van der Waals surface area contributed by atoms with Crippen LogP contribution in [0.25, 0.3) is 0 Å². The van der Waals surface area contributed by atoms with Crippen LogP contribution in [0.2, 0.25) is 0 Å². The van der Waals surface area contributed by atoms with Gasteiger partial charge in [-0.2, -0.15) is 8.42 Å². The molecule has 0 amide bonds. The molecule has 13 heavy (non-hydrogen) atoms. The molecule has 5 nitrogen and oxygen atoms in total. The van der Waals surface area contributed by atoms with E-state index in [9.17, 15) is 8.42 Å². The third-order valence-electron chi connectivity index (χ3n) is 1.77. The van der Waals surface area contributed by atoms with Gasteiger partial charge in [0.25, 0.3) is 10.1 Å². The van der Waals surface area contributed by atoms with Crippen molar-refractivity contribution in [3.05, 3.63) is 0 Å². The van der Waals surface area contributed by atoms with Gasteiger partial charge in [-0.25, -0.2) is 0 Å². The van der Waals surface area contributed by atoms with E-state index < -0.39 is 10.1 Å². The third-order valence-corrected chi connectivity index (χ3v) is 2.58. The van der Waals surface area contributed by atoms with Crippen LogP contribution in [0.1, 0.15) is 20.3 Å². The molecule has 0 heterocycles. The van der Waals surface area contributed by atoms with Crippen molar-refractivity contribution in [1.82, 2.24) is 4.90 Å². The zero-order valence-electron chi connectivity index (χ0n) is 8.15. The lowest BCUT2D eigenvalue weighted by Crippen LogP contribution is -2.25. The first-order valence-corrected chi connectivity index (χ1v) is 5.78. The van der Waals surface area contributed by atoms with E-state index >= 15 is 0 Å². The van der Waals surface area contributed by atoms with Gasteiger partial charge in [0.15, 0.2) is 0 Å². The third kappa shape index (κ3) is 9.75. The van der Waals surface area contributed by atoms with Gasteiger partial charge in [0.05, 0.1) is 5.75 Å². The minimum atomic E-state index is -3.76. The Morgan fingerprint density at radius 3 is 2.00 bits per heavy atom. The molecule has 82 valence electrons. The lowest BCUT2D eigenvalue weighted by molar-refractivity contribution is 0.304. The number of hydrogen-bond acceptors (Lipinski definition) is 3. The first kappa shape index (κ1) is 15.3. The first-order chi connectivity index (χ1) is 5.49. The molecule has 0 spiro atoms. The maximum Gasteiger partial charge on any atom is 0.264 e. The Balaban J connectivity index is 0. The molecule has 0 bridgehead atoms. The summed E-state index contributed by atoms with van der Waals surface area (Å²) in [5.74, 6) is -0.135. The lowest BCUT2D eigenvalue weighted by Gasteiger charge is -2.16. The Morgan fingerprint density at radius 2 is 1.69 bits per heavy atom. The Labute approximate surface area is 79.8 Å². The molecule has 0 aromatic heterocycles. The van der Waals surface area contributed by atoms with Crippen molar-refractivity contribution in [2.45, 2.75) is 20.3 Å². The molecule has 0 radical (unpaired) electrons. The maximum absolute atomic E-state index is 10.3. The molecule has 0 aliphatic rings. The molecule has 0 atom stereocenters. The molecular formula is C7H19NO4S. The summed E-state index contributed by atoms with van der Waals surface area (Å²) in [5.41, 5.74) is 0. The summed E-state index contributed by atoms with van der Waals surface area (Å²) in [5, 5.41) is 0. The van der Waals surface area contributed by atoms with Gasteiger partial charge in [-0.3, -0.25) is 4.55 Å². The van der Waals surface area contributed by atoms with Gasteiger partial charge in [-0.15, -0.1) is 0 Å². The van der Waals surface area contributed by atoms with Gasteiger partial charge < -0.3 is 10.4 Å². The second-order valence-corrected chi connectivity index (χ2v) is 4.24. The van der Waals surface area contributed by atoms with E-state index in [0.717, 1.165) is 19.6 Å². The molecule has 0 rings (SSSR count). The van der Waals surface area contributed by atoms with Gasteiger partial charge in [0.1, 0.15) is 0 Å². The van der Waals surface area contributed by atoms with Crippen molar-refractivity contribution in [2.75, 3.05) is 25.4 Å². The molecule has 0 aromatic rings. The summed E-state index contributed by atoms with van der Waals surface area (Å²) in [4.78, 5) is 2.12. The highest BCUT2D eigenvalue weighted by atomic mass is 32.2. The van der Waals surface area contributed by atoms with Crippen LogP contribution in [-0.4, -0.2) is 48.7 Å². The highest BCUT2D eigenvalue weighted by molar-refractivity contribution is 7.85. The minimum absolute atomic E-state index is 0. The van der Waals surface area contributed by atoms with Crippen molar-refractivity contribution in [3.8, 4) is 0 Å². The van der Waals surface area contributed by atoms with Crippen LogP contribution in [0.15, 0.2) is 0 Å². The van der Waals surface area contributed by atoms with Gasteiger partial charge in [0, 0.05) is 0 Å². The summed E-state index contributed by atoms with van der Waals surface area (Å²) in [7, 11) is -3.76. The summed E-state index contributed by atoms with van der Waals surface area (Å²) in [6, 6.07) is 0. The minimum Gasteiger partial charge on any atom is -0.412 e. The van der Waals surface area contributed by atoms with Crippen LogP contribution in [0.5, 0.6) is 0 Å². The fourth-order valence-corrected chi connectivity index (χ4v) is 1.50. The van der Waals surface area contributed by atoms with Gasteiger partial charge in [0.2, 0.25) is 0 Å². The van der Waals surface area contributed by atoms with Crippen molar-refractivity contribution in [3.63, 3.8) is 0 Å². The first-order valence-electron chi connectivity index (χ1n) is 4.17. The van der Waals surface area contributed by atoms with E-state index in [2.05, 4.69) is 4.90 Å². The summed E-state index contributed by atoms with van der Waals surface area (Å²) < 4.78 is 29.1. The zero-order chi connectivity index (χ0) is 9.61.